The summed E-state index contributed by atoms with van der Waals surface area (Å²) >= 11 is 0. The third-order valence-electron chi connectivity index (χ3n) is 10.1. The Bertz CT molecular complexity index is 1550. The van der Waals surface area contributed by atoms with Crippen LogP contribution in [0, 0.1) is 11.8 Å². The fourth-order valence-corrected chi connectivity index (χ4v) is 8.00. The predicted octanol–water partition coefficient (Wildman–Crippen LogP) is 6.99. The summed E-state index contributed by atoms with van der Waals surface area (Å²) in [4.78, 5) is 6.53. The standard InChI is InChI=1S/C36H43N3O3/c1-4-24-21-39-17-15-28-29(20-33(40-2)36(41-3)35(28)42-22-23-10-6-5-7-11-23)32(39)19-25(24)18-31-34-27(14-16-37-31)26-12-8-9-13-30(26)38-34/h5-13,20,24-25,31-32,37-38H,4,14-19,21-22H2,1-3H3/t24-,25-,31-,32-/m0/s1. The van der Waals surface area contributed by atoms with Crippen molar-refractivity contribution in [1.82, 2.24) is 15.2 Å². The minimum absolute atomic E-state index is 0.353. The average Bonchev–Trinajstić information content (AvgIpc) is 3.43. The number of nitrogens with one attached hydrogen (secondary N) is 2. The first-order chi connectivity index (χ1) is 20.7. The van der Waals surface area contributed by atoms with Crippen LogP contribution in [0.5, 0.6) is 17.2 Å². The molecule has 0 spiro atoms. The summed E-state index contributed by atoms with van der Waals surface area (Å²) in [6.07, 6.45) is 5.56. The third kappa shape index (κ3) is 4.84. The van der Waals surface area contributed by atoms with E-state index in [9.17, 15) is 0 Å². The fraction of sp³-hybridized carbons (Fsp3) is 0.444. The van der Waals surface area contributed by atoms with E-state index in [1.54, 1.807) is 14.2 Å². The van der Waals surface area contributed by atoms with Gasteiger partial charge in [-0.05, 0) is 72.9 Å². The SMILES string of the molecule is CC[C@H]1CN2CCc3c(cc(OC)c(OC)c3OCc3ccccc3)[C@@H]2C[C@@H]1C[C@@H]1NCCc2c1[nH]c1ccccc21. The van der Waals surface area contributed by atoms with Crippen LogP contribution in [0.25, 0.3) is 10.9 Å². The molecule has 0 unspecified atom stereocenters. The number of methoxy groups -OCH3 is 2. The number of benzene rings is 3. The second-order valence-corrected chi connectivity index (χ2v) is 12.3. The van der Waals surface area contributed by atoms with Crippen molar-refractivity contribution in [3.63, 3.8) is 0 Å². The smallest absolute Gasteiger partial charge is 0.203 e. The molecule has 4 atom stereocenters. The van der Waals surface area contributed by atoms with Crippen LogP contribution in [0.15, 0.2) is 60.7 Å². The highest BCUT2D eigenvalue weighted by molar-refractivity contribution is 5.85. The van der Waals surface area contributed by atoms with Gasteiger partial charge in [0.25, 0.3) is 0 Å². The summed E-state index contributed by atoms with van der Waals surface area (Å²) in [5, 5.41) is 5.29. The number of rotatable bonds is 8. The lowest BCUT2D eigenvalue weighted by atomic mass is 9.72. The zero-order valence-corrected chi connectivity index (χ0v) is 25.1. The molecule has 0 amide bonds. The van der Waals surface area contributed by atoms with Gasteiger partial charge in [0.05, 0.1) is 14.2 Å². The third-order valence-corrected chi connectivity index (χ3v) is 10.1. The summed E-state index contributed by atoms with van der Waals surface area (Å²) in [6, 6.07) is 22.1. The molecule has 1 saturated heterocycles. The minimum atomic E-state index is 0.353. The summed E-state index contributed by atoms with van der Waals surface area (Å²) in [7, 11) is 3.45. The Morgan fingerprint density at radius 1 is 0.905 bits per heavy atom. The van der Waals surface area contributed by atoms with Gasteiger partial charge < -0.3 is 24.5 Å². The van der Waals surface area contributed by atoms with Crippen molar-refractivity contribution in [2.75, 3.05) is 33.9 Å². The normalized spacial score (nSPS) is 23.6. The Hall–Kier alpha value is -3.48. The molecule has 0 bridgehead atoms. The quantitative estimate of drug-likeness (QED) is 0.241. The minimum Gasteiger partial charge on any atom is -0.493 e. The van der Waals surface area contributed by atoms with E-state index in [0.29, 0.717) is 36.3 Å². The lowest BCUT2D eigenvalue weighted by molar-refractivity contribution is 0.0426. The molecule has 2 N–H and O–H groups in total. The van der Waals surface area contributed by atoms with Crippen LogP contribution in [-0.4, -0.2) is 43.7 Å². The van der Waals surface area contributed by atoms with Crippen molar-refractivity contribution in [2.45, 2.75) is 57.7 Å². The molecule has 3 aromatic carbocycles. The maximum atomic E-state index is 6.56. The molecule has 6 heteroatoms. The van der Waals surface area contributed by atoms with Crippen molar-refractivity contribution in [3.8, 4) is 17.2 Å². The summed E-state index contributed by atoms with van der Waals surface area (Å²) in [5.41, 5.74) is 7.97. The van der Waals surface area contributed by atoms with E-state index >= 15 is 0 Å². The van der Waals surface area contributed by atoms with Crippen molar-refractivity contribution in [3.05, 3.63) is 88.6 Å². The molecule has 4 aromatic rings. The van der Waals surface area contributed by atoms with E-state index in [2.05, 4.69) is 76.7 Å². The Balaban J connectivity index is 1.20. The molecule has 220 valence electrons. The summed E-state index contributed by atoms with van der Waals surface area (Å²) < 4.78 is 18.3. The fourth-order valence-electron chi connectivity index (χ4n) is 8.00. The van der Waals surface area contributed by atoms with E-state index in [1.165, 1.54) is 39.7 Å². The second-order valence-electron chi connectivity index (χ2n) is 12.3. The van der Waals surface area contributed by atoms with Crippen LogP contribution in [0.2, 0.25) is 0 Å². The van der Waals surface area contributed by atoms with E-state index in [4.69, 9.17) is 14.2 Å². The largest absolute Gasteiger partial charge is 0.493 e. The van der Waals surface area contributed by atoms with Crippen LogP contribution in [-0.2, 0) is 19.4 Å². The van der Waals surface area contributed by atoms with E-state index in [0.717, 1.165) is 62.4 Å². The number of piperidine rings is 1. The predicted molar refractivity (Wildman–Crippen MR) is 168 cm³/mol. The molecule has 3 aliphatic rings. The van der Waals surface area contributed by atoms with Crippen LogP contribution in [0.1, 0.15) is 66.2 Å². The molecule has 3 aliphatic heterocycles. The van der Waals surface area contributed by atoms with Gasteiger partial charge >= 0.3 is 0 Å². The molecule has 4 heterocycles. The summed E-state index contributed by atoms with van der Waals surface area (Å²) in [5.74, 6) is 3.62. The molecule has 6 nitrogen and oxygen atoms in total. The number of aromatic nitrogens is 1. The number of para-hydroxylation sites is 1. The lowest BCUT2D eigenvalue weighted by Gasteiger charge is -2.48. The first-order valence-electron chi connectivity index (χ1n) is 15.7. The van der Waals surface area contributed by atoms with Gasteiger partial charge in [0.15, 0.2) is 11.5 Å². The maximum absolute atomic E-state index is 6.56. The Kier molecular flexibility index (Phi) is 7.59. The molecule has 1 fully saturated rings. The van der Waals surface area contributed by atoms with Crippen LogP contribution in [0.3, 0.4) is 0 Å². The molecule has 1 aromatic heterocycles. The van der Waals surface area contributed by atoms with E-state index in [-0.39, 0.29) is 0 Å². The molecule has 0 aliphatic carbocycles. The number of aromatic amines is 1. The first kappa shape index (κ1) is 27.4. The zero-order valence-electron chi connectivity index (χ0n) is 25.1. The molecular weight excluding hydrogens is 522 g/mol. The number of ether oxygens (including phenoxy) is 3. The molecule has 7 rings (SSSR count). The topological polar surface area (TPSA) is 58.8 Å². The second kappa shape index (κ2) is 11.7. The monoisotopic (exact) mass is 565 g/mol. The molecule has 0 saturated carbocycles. The molecule has 0 radical (unpaired) electrons. The maximum Gasteiger partial charge on any atom is 0.203 e. The van der Waals surface area contributed by atoms with Crippen molar-refractivity contribution in [1.29, 1.82) is 0 Å². The average molecular weight is 566 g/mol. The van der Waals surface area contributed by atoms with Gasteiger partial charge in [-0.1, -0.05) is 61.9 Å². The number of H-pyrrole nitrogens is 1. The van der Waals surface area contributed by atoms with Crippen molar-refractivity contribution >= 4 is 10.9 Å². The van der Waals surface area contributed by atoms with Gasteiger partial charge in [0, 0.05) is 47.3 Å². The lowest BCUT2D eigenvalue weighted by Crippen LogP contribution is -2.47. The molecular formula is C36H43N3O3. The Morgan fingerprint density at radius 3 is 2.55 bits per heavy atom. The van der Waals surface area contributed by atoms with Crippen LogP contribution < -0.4 is 19.5 Å². The van der Waals surface area contributed by atoms with Gasteiger partial charge in [-0.15, -0.1) is 0 Å². The highest BCUT2D eigenvalue weighted by Crippen LogP contribution is 2.51. The van der Waals surface area contributed by atoms with Crippen LogP contribution in [0.4, 0.5) is 0 Å². The number of hydrogen-bond donors (Lipinski definition) is 2. The van der Waals surface area contributed by atoms with Crippen molar-refractivity contribution in [2.24, 2.45) is 11.8 Å². The molecule has 42 heavy (non-hydrogen) atoms. The van der Waals surface area contributed by atoms with Gasteiger partial charge in [-0.3, -0.25) is 4.90 Å². The zero-order chi connectivity index (χ0) is 28.6. The highest BCUT2D eigenvalue weighted by Gasteiger charge is 2.41. The highest BCUT2D eigenvalue weighted by atomic mass is 16.5. The first-order valence-corrected chi connectivity index (χ1v) is 15.7. The van der Waals surface area contributed by atoms with Gasteiger partial charge in [0.1, 0.15) is 6.61 Å². The summed E-state index contributed by atoms with van der Waals surface area (Å²) in [6.45, 7) is 6.12. The van der Waals surface area contributed by atoms with Gasteiger partial charge in [-0.2, -0.15) is 0 Å². The number of hydrogen-bond acceptors (Lipinski definition) is 5. The van der Waals surface area contributed by atoms with E-state index in [1.807, 2.05) is 6.07 Å². The van der Waals surface area contributed by atoms with E-state index < -0.39 is 0 Å². The van der Waals surface area contributed by atoms with Gasteiger partial charge in [0.2, 0.25) is 5.75 Å². The number of fused-ring (bicyclic) bond motifs is 6. The van der Waals surface area contributed by atoms with Gasteiger partial charge in [-0.25, -0.2) is 0 Å². The van der Waals surface area contributed by atoms with Crippen LogP contribution >= 0.6 is 0 Å². The Morgan fingerprint density at radius 2 is 1.74 bits per heavy atom. The number of nitrogens with zero attached hydrogens (tertiary/aromatic N) is 1. The van der Waals surface area contributed by atoms with Crippen molar-refractivity contribution < 1.29 is 14.2 Å². The Labute approximate surface area is 249 Å².